The summed E-state index contributed by atoms with van der Waals surface area (Å²) in [6, 6.07) is 0.586. The molecule has 17 heavy (non-hydrogen) atoms. The zero-order valence-corrected chi connectivity index (χ0v) is 11.6. The highest BCUT2D eigenvalue weighted by molar-refractivity contribution is 4.96. The Bertz CT molecular complexity index is 219. The summed E-state index contributed by atoms with van der Waals surface area (Å²) >= 11 is 0. The third kappa shape index (κ3) is 3.03. The lowest BCUT2D eigenvalue weighted by molar-refractivity contribution is -0.0744. The first kappa shape index (κ1) is 13.4. The molecule has 2 heteroatoms. The van der Waals surface area contributed by atoms with Gasteiger partial charge in [0.15, 0.2) is 0 Å². The summed E-state index contributed by atoms with van der Waals surface area (Å²) in [7, 11) is 1.93. The normalized spacial score (nSPS) is 26.5. The van der Waals surface area contributed by atoms with Crippen LogP contribution in [0.15, 0.2) is 0 Å². The van der Waals surface area contributed by atoms with Gasteiger partial charge in [0.2, 0.25) is 0 Å². The minimum absolute atomic E-state index is 0.143. The van der Waals surface area contributed by atoms with E-state index < -0.39 is 0 Å². The maximum atomic E-state index is 6.00. The number of hydrogen-bond acceptors (Lipinski definition) is 2. The highest BCUT2D eigenvalue weighted by atomic mass is 16.5. The van der Waals surface area contributed by atoms with Crippen molar-refractivity contribution in [3.8, 4) is 0 Å². The molecule has 1 atom stereocenters. The van der Waals surface area contributed by atoms with E-state index in [0.717, 1.165) is 12.5 Å². The van der Waals surface area contributed by atoms with Crippen LogP contribution in [-0.4, -0.2) is 25.3 Å². The monoisotopic (exact) mass is 239 g/mol. The maximum absolute atomic E-state index is 6.00. The van der Waals surface area contributed by atoms with Gasteiger partial charge in [-0.05, 0) is 31.7 Å². The Kier molecular flexibility index (Phi) is 4.87. The third-order valence-electron chi connectivity index (χ3n) is 4.99. The molecule has 0 heterocycles. The molecule has 0 saturated heterocycles. The second-order valence-corrected chi connectivity index (χ2v) is 5.97. The Morgan fingerprint density at radius 2 is 1.88 bits per heavy atom. The smallest absolute Gasteiger partial charge is 0.0831 e. The van der Waals surface area contributed by atoms with Crippen LogP contribution >= 0.6 is 0 Å². The maximum Gasteiger partial charge on any atom is 0.0831 e. The summed E-state index contributed by atoms with van der Waals surface area (Å²) in [6.07, 6.45) is 12.3. The van der Waals surface area contributed by atoms with Crippen LogP contribution < -0.4 is 5.32 Å². The fourth-order valence-corrected chi connectivity index (χ4v) is 3.64. The zero-order valence-electron chi connectivity index (χ0n) is 11.6. The van der Waals surface area contributed by atoms with Crippen molar-refractivity contribution in [2.24, 2.45) is 5.92 Å². The second kappa shape index (κ2) is 6.19. The van der Waals surface area contributed by atoms with Crippen molar-refractivity contribution in [2.75, 3.05) is 13.7 Å². The number of methoxy groups -OCH3 is 1. The van der Waals surface area contributed by atoms with Gasteiger partial charge >= 0.3 is 0 Å². The number of nitrogens with one attached hydrogen (secondary N) is 1. The molecule has 1 N–H and O–H groups in total. The third-order valence-corrected chi connectivity index (χ3v) is 4.99. The predicted molar refractivity (Wildman–Crippen MR) is 72.2 cm³/mol. The Labute approximate surface area is 107 Å². The first-order valence-corrected chi connectivity index (χ1v) is 7.59. The zero-order chi connectivity index (χ0) is 12.1. The molecule has 0 amide bonds. The van der Waals surface area contributed by atoms with Crippen LogP contribution in [0.2, 0.25) is 0 Å². The van der Waals surface area contributed by atoms with Crippen molar-refractivity contribution in [1.82, 2.24) is 5.32 Å². The quantitative estimate of drug-likeness (QED) is 0.766. The van der Waals surface area contributed by atoms with Gasteiger partial charge in [0.25, 0.3) is 0 Å². The van der Waals surface area contributed by atoms with Crippen molar-refractivity contribution in [2.45, 2.75) is 76.4 Å². The van der Waals surface area contributed by atoms with Gasteiger partial charge in [-0.15, -0.1) is 0 Å². The van der Waals surface area contributed by atoms with Crippen LogP contribution in [0.5, 0.6) is 0 Å². The molecule has 0 aromatic heterocycles. The van der Waals surface area contributed by atoms with Crippen molar-refractivity contribution >= 4 is 0 Å². The molecule has 100 valence electrons. The van der Waals surface area contributed by atoms with E-state index in [0.29, 0.717) is 6.04 Å². The number of hydrogen-bond donors (Lipinski definition) is 1. The minimum atomic E-state index is 0.143. The van der Waals surface area contributed by atoms with Gasteiger partial charge in [-0.1, -0.05) is 45.4 Å². The molecule has 2 aliphatic carbocycles. The molecule has 2 aliphatic rings. The molecule has 2 saturated carbocycles. The average molecular weight is 239 g/mol. The van der Waals surface area contributed by atoms with Crippen LogP contribution in [-0.2, 0) is 4.74 Å². The number of ether oxygens (including phenoxy) is 1. The number of rotatable bonds is 6. The van der Waals surface area contributed by atoms with Gasteiger partial charge in [0, 0.05) is 13.2 Å². The van der Waals surface area contributed by atoms with E-state index in [4.69, 9.17) is 4.74 Å². The molecule has 0 aromatic rings. The van der Waals surface area contributed by atoms with Crippen LogP contribution in [0.3, 0.4) is 0 Å². The molecule has 2 nitrogen and oxygen atoms in total. The summed E-state index contributed by atoms with van der Waals surface area (Å²) < 4.78 is 6.00. The first-order valence-electron chi connectivity index (χ1n) is 7.59. The van der Waals surface area contributed by atoms with Crippen LogP contribution in [0.25, 0.3) is 0 Å². The van der Waals surface area contributed by atoms with E-state index in [-0.39, 0.29) is 5.60 Å². The lowest BCUT2D eigenvalue weighted by Crippen LogP contribution is -2.54. The van der Waals surface area contributed by atoms with Crippen LogP contribution in [0.1, 0.15) is 64.7 Å². The van der Waals surface area contributed by atoms with E-state index in [2.05, 4.69) is 12.2 Å². The SMILES string of the molecule is CCNC(CC1CCC1)C1(OC)CCCCC1. The van der Waals surface area contributed by atoms with Crippen LogP contribution in [0, 0.1) is 5.92 Å². The second-order valence-electron chi connectivity index (χ2n) is 5.97. The molecule has 2 fully saturated rings. The Hall–Kier alpha value is -0.0800. The fourth-order valence-electron chi connectivity index (χ4n) is 3.64. The summed E-state index contributed by atoms with van der Waals surface area (Å²) in [6.45, 7) is 3.29. The molecule has 1 unspecified atom stereocenters. The van der Waals surface area contributed by atoms with Crippen molar-refractivity contribution < 1.29 is 4.74 Å². The number of likely N-dealkylation sites (N-methyl/N-ethyl adjacent to an activating group) is 1. The van der Waals surface area contributed by atoms with Gasteiger partial charge in [0.05, 0.1) is 5.60 Å². The molecule has 0 aromatic carbocycles. The molecule has 0 radical (unpaired) electrons. The highest BCUT2D eigenvalue weighted by Crippen LogP contribution is 2.39. The summed E-state index contributed by atoms with van der Waals surface area (Å²) in [5.74, 6) is 0.966. The highest BCUT2D eigenvalue weighted by Gasteiger charge is 2.41. The lowest BCUT2D eigenvalue weighted by Gasteiger charge is -2.45. The molecule has 2 rings (SSSR count). The van der Waals surface area contributed by atoms with Crippen LogP contribution in [0.4, 0.5) is 0 Å². The van der Waals surface area contributed by atoms with E-state index in [1.165, 1.54) is 57.8 Å². The summed E-state index contributed by atoms with van der Waals surface area (Å²) in [5.41, 5.74) is 0.143. The van der Waals surface area contributed by atoms with Crippen molar-refractivity contribution in [3.63, 3.8) is 0 Å². The average Bonchev–Trinajstić information content (AvgIpc) is 2.33. The van der Waals surface area contributed by atoms with Gasteiger partial charge < -0.3 is 10.1 Å². The Morgan fingerprint density at radius 1 is 1.18 bits per heavy atom. The van der Waals surface area contributed by atoms with Crippen molar-refractivity contribution in [1.29, 1.82) is 0 Å². The topological polar surface area (TPSA) is 21.3 Å². The molecule has 0 aliphatic heterocycles. The molecule has 0 spiro atoms. The molecule has 0 bridgehead atoms. The van der Waals surface area contributed by atoms with Crippen molar-refractivity contribution in [3.05, 3.63) is 0 Å². The lowest BCUT2D eigenvalue weighted by atomic mass is 9.72. The first-order chi connectivity index (χ1) is 8.30. The molecular formula is C15H29NO. The standard InChI is InChI=1S/C15H29NO/c1-3-16-14(12-13-8-7-9-13)15(17-2)10-5-4-6-11-15/h13-14,16H,3-12H2,1-2H3. The van der Waals surface area contributed by atoms with Gasteiger partial charge in [0.1, 0.15) is 0 Å². The van der Waals surface area contributed by atoms with Gasteiger partial charge in [-0.2, -0.15) is 0 Å². The fraction of sp³-hybridized carbons (Fsp3) is 1.00. The largest absolute Gasteiger partial charge is 0.377 e. The predicted octanol–water partition coefficient (Wildman–Crippen LogP) is 3.50. The van der Waals surface area contributed by atoms with Gasteiger partial charge in [-0.25, -0.2) is 0 Å². The van der Waals surface area contributed by atoms with Gasteiger partial charge in [-0.3, -0.25) is 0 Å². The van der Waals surface area contributed by atoms with E-state index in [9.17, 15) is 0 Å². The Morgan fingerprint density at radius 3 is 2.35 bits per heavy atom. The summed E-state index contributed by atoms with van der Waals surface area (Å²) in [5, 5.41) is 3.72. The van der Waals surface area contributed by atoms with E-state index >= 15 is 0 Å². The van der Waals surface area contributed by atoms with E-state index in [1.54, 1.807) is 0 Å². The summed E-state index contributed by atoms with van der Waals surface area (Å²) in [4.78, 5) is 0. The van der Waals surface area contributed by atoms with E-state index in [1.807, 2.05) is 7.11 Å². The minimum Gasteiger partial charge on any atom is -0.377 e. The molecular weight excluding hydrogens is 210 g/mol. The Balaban J connectivity index is 1.99.